The Hall–Kier alpha value is -3.06. The van der Waals surface area contributed by atoms with Crippen molar-refractivity contribution in [3.05, 3.63) is 70.8 Å². The van der Waals surface area contributed by atoms with Crippen LogP contribution < -0.4 is 10.6 Å². The summed E-state index contributed by atoms with van der Waals surface area (Å²) >= 11 is 0. The van der Waals surface area contributed by atoms with Crippen molar-refractivity contribution in [2.75, 3.05) is 5.32 Å². The summed E-state index contributed by atoms with van der Waals surface area (Å²) in [5, 5.41) is 15.8. The van der Waals surface area contributed by atoms with Crippen LogP contribution in [0, 0.1) is 18.3 Å². The Labute approximate surface area is 148 Å². The molecule has 2 aromatic carbocycles. The van der Waals surface area contributed by atoms with E-state index in [0.717, 1.165) is 23.1 Å². The fraction of sp³-hybridized carbons (Fsp3) is 0.238. The Morgan fingerprint density at radius 1 is 1.16 bits per heavy atom. The molecule has 0 aromatic heterocycles. The van der Waals surface area contributed by atoms with Crippen molar-refractivity contribution in [2.24, 2.45) is 0 Å². The number of aryl methyl sites for hydroxylation is 1. The van der Waals surface area contributed by atoms with E-state index in [-0.39, 0.29) is 11.1 Å². The predicted molar refractivity (Wildman–Crippen MR) is 99.7 cm³/mol. The zero-order valence-corrected chi connectivity index (χ0v) is 14.7. The van der Waals surface area contributed by atoms with Crippen molar-refractivity contribution in [3.63, 3.8) is 0 Å². The summed E-state index contributed by atoms with van der Waals surface area (Å²) in [5.74, 6) is -0.402. The highest BCUT2D eigenvalue weighted by atomic mass is 16.1. The number of benzene rings is 2. The van der Waals surface area contributed by atoms with Crippen molar-refractivity contribution in [2.45, 2.75) is 32.7 Å². The molecule has 0 fully saturated rings. The van der Waals surface area contributed by atoms with Crippen molar-refractivity contribution < 1.29 is 4.79 Å². The van der Waals surface area contributed by atoms with Crippen LogP contribution >= 0.6 is 0 Å². The van der Waals surface area contributed by atoms with E-state index in [1.807, 2.05) is 55.5 Å². The van der Waals surface area contributed by atoms with Crippen LogP contribution in [0.25, 0.3) is 5.70 Å². The van der Waals surface area contributed by atoms with Gasteiger partial charge in [-0.15, -0.1) is 0 Å². The third-order valence-electron chi connectivity index (χ3n) is 4.28. The molecule has 0 aliphatic carbocycles. The highest BCUT2D eigenvalue weighted by Crippen LogP contribution is 2.31. The summed E-state index contributed by atoms with van der Waals surface area (Å²) in [5.41, 5.74) is 4.30. The van der Waals surface area contributed by atoms with Gasteiger partial charge in [0.25, 0.3) is 5.91 Å². The minimum absolute atomic E-state index is 0.0980. The highest BCUT2D eigenvalue weighted by Gasteiger charge is 2.30. The number of carbonyl (C=O) groups excluding carboxylic acids is 1. The van der Waals surface area contributed by atoms with Gasteiger partial charge >= 0.3 is 0 Å². The maximum absolute atomic E-state index is 12.7. The second kappa shape index (κ2) is 6.45. The third kappa shape index (κ3) is 3.56. The molecule has 25 heavy (non-hydrogen) atoms. The molecule has 4 heteroatoms. The van der Waals surface area contributed by atoms with Crippen molar-refractivity contribution in [1.29, 1.82) is 5.26 Å². The number of fused-ring (bicyclic) bond motifs is 1. The van der Waals surface area contributed by atoms with Gasteiger partial charge in [0.2, 0.25) is 0 Å². The lowest BCUT2D eigenvalue weighted by Gasteiger charge is -2.36. The highest BCUT2D eigenvalue weighted by molar-refractivity contribution is 6.12. The molecule has 1 amide bonds. The first kappa shape index (κ1) is 16.8. The average molecular weight is 331 g/mol. The van der Waals surface area contributed by atoms with Gasteiger partial charge in [-0.05, 0) is 44.9 Å². The lowest BCUT2D eigenvalue weighted by Crippen LogP contribution is -2.44. The Kier molecular flexibility index (Phi) is 4.33. The monoisotopic (exact) mass is 331 g/mol. The molecule has 1 aliphatic heterocycles. The molecule has 0 atom stereocenters. The lowest BCUT2D eigenvalue weighted by molar-refractivity contribution is -0.112. The van der Waals surface area contributed by atoms with Crippen LogP contribution in [-0.4, -0.2) is 11.4 Å². The quantitative estimate of drug-likeness (QED) is 0.650. The SMILES string of the molecule is Cc1ccc(NC(=O)C(C#N)=C2NC(C)(C)Cc3ccccc32)cc1. The zero-order chi connectivity index (χ0) is 18.0. The average Bonchev–Trinajstić information content (AvgIpc) is 2.56. The van der Waals surface area contributed by atoms with E-state index in [4.69, 9.17) is 0 Å². The number of nitriles is 1. The van der Waals surface area contributed by atoms with E-state index in [0.29, 0.717) is 11.4 Å². The summed E-state index contributed by atoms with van der Waals surface area (Å²) in [4.78, 5) is 12.7. The van der Waals surface area contributed by atoms with Crippen molar-refractivity contribution in [3.8, 4) is 6.07 Å². The van der Waals surface area contributed by atoms with Gasteiger partial charge in [0.15, 0.2) is 0 Å². The largest absolute Gasteiger partial charge is 0.378 e. The Bertz CT molecular complexity index is 886. The summed E-state index contributed by atoms with van der Waals surface area (Å²) in [7, 11) is 0. The van der Waals surface area contributed by atoms with Gasteiger partial charge in [0.05, 0.1) is 5.70 Å². The van der Waals surface area contributed by atoms with Gasteiger partial charge in [-0.25, -0.2) is 0 Å². The van der Waals surface area contributed by atoms with Gasteiger partial charge in [-0.3, -0.25) is 4.79 Å². The molecular formula is C21H21N3O. The molecule has 0 radical (unpaired) electrons. The number of hydrogen-bond donors (Lipinski definition) is 2. The van der Waals surface area contributed by atoms with E-state index >= 15 is 0 Å². The standard InChI is InChI=1S/C21H21N3O/c1-14-8-10-16(11-9-14)23-20(25)18(13-22)19-17-7-5-4-6-15(17)12-21(2,3)24-19/h4-11,24H,12H2,1-3H3,(H,23,25). The fourth-order valence-corrected chi connectivity index (χ4v) is 3.09. The first-order valence-electron chi connectivity index (χ1n) is 8.28. The Balaban J connectivity index is 2.02. The molecule has 0 saturated heterocycles. The third-order valence-corrected chi connectivity index (χ3v) is 4.28. The number of amides is 1. The van der Waals surface area contributed by atoms with Crippen molar-refractivity contribution >= 4 is 17.3 Å². The molecule has 2 aromatic rings. The van der Waals surface area contributed by atoms with Crippen LogP contribution in [-0.2, 0) is 11.2 Å². The smallest absolute Gasteiger partial charge is 0.268 e. The Morgan fingerprint density at radius 2 is 1.84 bits per heavy atom. The minimum atomic E-state index is -0.402. The van der Waals surface area contributed by atoms with Crippen LogP contribution in [0.5, 0.6) is 0 Å². The maximum atomic E-state index is 12.7. The molecular weight excluding hydrogens is 310 g/mol. The number of carbonyl (C=O) groups is 1. The molecule has 1 aliphatic rings. The van der Waals surface area contributed by atoms with Gasteiger partial charge in [0.1, 0.15) is 11.6 Å². The predicted octanol–water partition coefficient (Wildman–Crippen LogP) is 3.79. The second-order valence-electron chi connectivity index (χ2n) is 7.02. The molecule has 0 saturated carbocycles. The van der Waals surface area contributed by atoms with Crippen LogP contribution in [0.15, 0.2) is 54.1 Å². The van der Waals surface area contributed by atoms with Crippen molar-refractivity contribution in [1.82, 2.24) is 5.32 Å². The normalized spacial score (nSPS) is 16.9. The Morgan fingerprint density at radius 3 is 2.52 bits per heavy atom. The molecule has 0 unspecified atom stereocenters. The molecule has 0 spiro atoms. The summed E-state index contributed by atoms with van der Waals surface area (Å²) in [6, 6.07) is 17.5. The second-order valence-corrected chi connectivity index (χ2v) is 7.02. The van der Waals surface area contributed by atoms with Crippen LogP contribution in [0.4, 0.5) is 5.69 Å². The van der Waals surface area contributed by atoms with Crippen LogP contribution in [0.3, 0.4) is 0 Å². The molecule has 4 nitrogen and oxygen atoms in total. The van der Waals surface area contributed by atoms with Gasteiger partial charge < -0.3 is 10.6 Å². The first-order valence-corrected chi connectivity index (χ1v) is 8.28. The number of anilines is 1. The summed E-state index contributed by atoms with van der Waals surface area (Å²) in [6.07, 6.45) is 0.838. The summed E-state index contributed by atoms with van der Waals surface area (Å²) < 4.78 is 0. The van der Waals surface area contributed by atoms with Crippen LogP contribution in [0.2, 0.25) is 0 Å². The summed E-state index contributed by atoms with van der Waals surface area (Å²) in [6.45, 7) is 6.12. The lowest BCUT2D eigenvalue weighted by atomic mass is 9.84. The maximum Gasteiger partial charge on any atom is 0.268 e. The van der Waals surface area contributed by atoms with E-state index in [9.17, 15) is 10.1 Å². The van der Waals surface area contributed by atoms with E-state index < -0.39 is 5.91 Å². The van der Waals surface area contributed by atoms with E-state index in [1.54, 1.807) is 0 Å². The topological polar surface area (TPSA) is 64.9 Å². The number of hydrogen-bond acceptors (Lipinski definition) is 3. The number of nitrogens with zero attached hydrogens (tertiary/aromatic N) is 1. The van der Waals surface area contributed by atoms with Gasteiger partial charge in [-0.1, -0.05) is 42.0 Å². The first-order chi connectivity index (χ1) is 11.9. The van der Waals surface area contributed by atoms with E-state index in [1.165, 1.54) is 0 Å². The van der Waals surface area contributed by atoms with Gasteiger partial charge in [0, 0.05) is 16.8 Å². The van der Waals surface area contributed by atoms with Gasteiger partial charge in [-0.2, -0.15) is 5.26 Å². The fourth-order valence-electron chi connectivity index (χ4n) is 3.09. The number of nitrogens with one attached hydrogen (secondary N) is 2. The molecule has 3 rings (SSSR count). The molecule has 1 heterocycles. The molecule has 0 bridgehead atoms. The molecule has 2 N–H and O–H groups in total. The van der Waals surface area contributed by atoms with E-state index in [2.05, 4.69) is 30.6 Å². The minimum Gasteiger partial charge on any atom is -0.378 e. The number of rotatable bonds is 2. The molecule has 126 valence electrons. The zero-order valence-electron chi connectivity index (χ0n) is 14.7. The van der Waals surface area contributed by atoms with Crippen LogP contribution in [0.1, 0.15) is 30.5 Å².